The summed E-state index contributed by atoms with van der Waals surface area (Å²) in [6.07, 6.45) is 0. The molecule has 80 valence electrons. The van der Waals surface area contributed by atoms with Gasteiger partial charge in [-0.15, -0.1) is 0 Å². The summed E-state index contributed by atoms with van der Waals surface area (Å²) in [5.74, 6) is -1.32. The molecule has 1 saturated heterocycles. The van der Waals surface area contributed by atoms with Crippen LogP contribution in [0.2, 0.25) is 0 Å². The third-order valence-corrected chi connectivity index (χ3v) is 2.20. The van der Waals surface area contributed by atoms with Crippen molar-refractivity contribution in [3.63, 3.8) is 0 Å². The maximum absolute atomic E-state index is 11.0. The molecule has 6 heteroatoms. The molecule has 1 fully saturated rings. The van der Waals surface area contributed by atoms with E-state index in [0.29, 0.717) is 19.6 Å². The standard InChI is InChI=1S/C8H14N2O4/c1-14-7(11)5-10-3-2-9-4-6(10)8(12)13/h6,9H,2-5H2,1H3,(H,12,13). The van der Waals surface area contributed by atoms with Crippen molar-refractivity contribution in [2.45, 2.75) is 6.04 Å². The van der Waals surface area contributed by atoms with Gasteiger partial charge < -0.3 is 15.2 Å². The fourth-order valence-corrected chi connectivity index (χ4v) is 1.41. The molecule has 0 radical (unpaired) electrons. The fourth-order valence-electron chi connectivity index (χ4n) is 1.41. The quantitative estimate of drug-likeness (QED) is 0.543. The van der Waals surface area contributed by atoms with E-state index in [4.69, 9.17) is 5.11 Å². The van der Waals surface area contributed by atoms with Crippen molar-refractivity contribution < 1.29 is 19.4 Å². The minimum atomic E-state index is -0.916. The number of hydrogen-bond acceptors (Lipinski definition) is 5. The summed E-state index contributed by atoms with van der Waals surface area (Å²) in [5.41, 5.74) is 0. The van der Waals surface area contributed by atoms with Crippen LogP contribution in [0.1, 0.15) is 0 Å². The second-order valence-corrected chi connectivity index (χ2v) is 3.10. The summed E-state index contributed by atoms with van der Waals surface area (Å²) >= 11 is 0. The first-order valence-corrected chi connectivity index (χ1v) is 4.39. The Labute approximate surface area is 81.8 Å². The molecule has 0 aromatic rings. The Balaban J connectivity index is 2.54. The molecule has 0 saturated carbocycles. The lowest BCUT2D eigenvalue weighted by Gasteiger charge is -2.32. The van der Waals surface area contributed by atoms with Crippen LogP contribution in [0.3, 0.4) is 0 Å². The van der Waals surface area contributed by atoms with E-state index in [9.17, 15) is 9.59 Å². The number of esters is 1. The molecule has 1 atom stereocenters. The van der Waals surface area contributed by atoms with Gasteiger partial charge in [0, 0.05) is 19.6 Å². The monoisotopic (exact) mass is 202 g/mol. The van der Waals surface area contributed by atoms with E-state index in [1.807, 2.05) is 0 Å². The predicted molar refractivity (Wildman–Crippen MR) is 47.9 cm³/mol. The molecular weight excluding hydrogens is 188 g/mol. The minimum Gasteiger partial charge on any atom is -0.480 e. The Morgan fingerprint density at radius 3 is 2.93 bits per heavy atom. The molecule has 1 rings (SSSR count). The number of carbonyl (C=O) groups is 2. The van der Waals surface area contributed by atoms with E-state index in [-0.39, 0.29) is 6.54 Å². The van der Waals surface area contributed by atoms with Gasteiger partial charge in [-0.05, 0) is 0 Å². The van der Waals surface area contributed by atoms with Crippen molar-refractivity contribution in [3.8, 4) is 0 Å². The van der Waals surface area contributed by atoms with Crippen LogP contribution >= 0.6 is 0 Å². The fraction of sp³-hybridized carbons (Fsp3) is 0.750. The third kappa shape index (κ3) is 2.68. The van der Waals surface area contributed by atoms with Gasteiger partial charge in [-0.2, -0.15) is 0 Å². The highest BCUT2D eigenvalue weighted by Gasteiger charge is 2.29. The van der Waals surface area contributed by atoms with Crippen molar-refractivity contribution in [1.29, 1.82) is 0 Å². The van der Waals surface area contributed by atoms with Gasteiger partial charge in [0.1, 0.15) is 6.04 Å². The van der Waals surface area contributed by atoms with Gasteiger partial charge >= 0.3 is 11.9 Å². The summed E-state index contributed by atoms with van der Waals surface area (Å²) in [6, 6.07) is -0.636. The largest absolute Gasteiger partial charge is 0.480 e. The lowest BCUT2D eigenvalue weighted by molar-refractivity contribution is -0.148. The van der Waals surface area contributed by atoms with Gasteiger partial charge in [-0.1, -0.05) is 0 Å². The van der Waals surface area contributed by atoms with Crippen molar-refractivity contribution >= 4 is 11.9 Å². The summed E-state index contributed by atoms with van der Waals surface area (Å²) in [6.45, 7) is 1.65. The van der Waals surface area contributed by atoms with Crippen molar-refractivity contribution in [2.75, 3.05) is 33.3 Å². The van der Waals surface area contributed by atoms with Gasteiger partial charge in [0.15, 0.2) is 0 Å². The van der Waals surface area contributed by atoms with Crippen molar-refractivity contribution in [2.24, 2.45) is 0 Å². The van der Waals surface area contributed by atoms with Crippen molar-refractivity contribution in [3.05, 3.63) is 0 Å². The first kappa shape index (κ1) is 10.9. The average Bonchev–Trinajstić information content (AvgIpc) is 2.18. The molecule has 2 N–H and O–H groups in total. The van der Waals surface area contributed by atoms with E-state index in [1.54, 1.807) is 4.90 Å². The Hall–Kier alpha value is -1.14. The number of carbonyl (C=O) groups excluding carboxylic acids is 1. The molecule has 1 aliphatic rings. The van der Waals surface area contributed by atoms with Gasteiger partial charge in [0.2, 0.25) is 0 Å². The number of carboxylic acid groups (broad SMARTS) is 1. The first-order chi connectivity index (χ1) is 6.65. The number of nitrogens with zero attached hydrogens (tertiary/aromatic N) is 1. The number of piperazine rings is 1. The maximum atomic E-state index is 11.0. The van der Waals surface area contributed by atoms with E-state index in [0.717, 1.165) is 0 Å². The zero-order valence-corrected chi connectivity index (χ0v) is 8.02. The van der Waals surface area contributed by atoms with Crippen LogP contribution in [0, 0.1) is 0 Å². The highest BCUT2D eigenvalue weighted by atomic mass is 16.5. The molecule has 0 aromatic heterocycles. The van der Waals surface area contributed by atoms with Gasteiger partial charge in [-0.3, -0.25) is 14.5 Å². The van der Waals surface area contributed by atoms with Crippen LogP contribution in [0.15, 0.2) is 0 Å². The Kier molecular flexibility index (Phi) is 3.84. The molecule has 0 aromatic carbocycles. The second-order valence-electron chi connectivity index (χ2n) is 3.10. The lowest BCUT2D eigenvalue weighted by atomic mass is 10.2. The number of rotatable bonds is 3. The smallest absolute Gasteiger partial charge is 0.322 e. The van der Waals surface area contributed by atoms with Crippen LogP contribution in [0.5, 0.6) is 0 Å². The average molecular weight is 202 g/mol. The molecule has 0 spiro atoms. The Morgan fingerprint density at radius 1 is 1.64 bits per heavy atom. The van der Waals surface area contributed by atoms with E-state index < -0.39 is 18.0 Å². The zero-order chi connectivity index (χ0) is 10.6. The summed E-state index contributed by atoms with van der Waals surface area (Å²) in [5, 5.41) is 11.8. The summed E-state index contributed by atoms with van der Waals surface area (Å²) < 4.78 is 4.49. The van der Waals surface area contributed by atoms with E-state index in [2.05, 4.69) is 10.1 Å². The molecule has 0 amide bonds. The van der Waals surface area contributed by atoms with Crippen LogP contribution in [0.25, 0.3) is 0 Å². The summed E-state index contributed by atoms with van der Waals surface area (Å²) in [7, 11) is 1.29. The van der Waals surface area contributed by atoms with Crippen LogP contribution < -0.4 is 5.32 Å². The van der Waals surface area contributed by atoms with Crippen molar-refractivity contribution in [1.82, 2.24) is 10.2 Å². The maximum Gasteiger partial charge on any atom is 0.322 e. The Bertz CT molecular complexity index is 231. The summed E-state index contributed by atoms with van der Waals surface area (Å²) in [4.78, 5) is 23.4. The molecular formula is C8H14N2O4. The minimum absolute atomic E-state index is 0.0369. The molecule has 6 nitrogen and oxygen atoms in total. The lowest BCUT2D eigenvalue weighted by Crippen LogP contribution is -2.56. The highest BCUT2D eigenvalue weighted by Crippen LogP contribution is 2.03. The van der Waals surface area contributed by atoms with E-state index >= 15 is 0 Å². The number of aliphatic carboxylic acids is 1. The molecule has 1 unspecified atom stereocenters. The number of nitrogens with one attached hydrogen (secondary N) is 1. The first-order valence-electron chi connectivity index (χ1n) is 4.39. The van der Waals surface area contributed by atoms with Crippen LogP contribution in [-0.4, -0.2) is 61.3 Å². The van der Waals surface area contributed by atoms with Crippen LogP contribution in [-0.2, 0) is 14.3 Å². The zero-order valence-electron chi connectivity index (χ0n) is 8.02. The van der Waals surface area contributed by atoms with Gasteiger partial charge in [-0.25, -0.2) is 0 Å². The number of methoxy groups -OCH3 is 1. The highest BCUT2D eigenvalue weighted by molar-refractivity contribution is 5.76. The predicted octanol–water partition coefficient (Wildman–Crippen LogP) is -1.48. The Morgan fingerprint density at radius 2 is 2.36 bits per heavy atom. The number of ether oxygens (including phenoxy) is 1. The normalized spacial score (nSPS) is 23.1. The second kappa shape index (κ2) is 4.92. The molecule has 1 aliphatic heterocycles. The SMILES string of the molecule is COC(=O)CN1CCNCC1C(=O)O. The molecule has 1 heterocycles. The van der Waals surface area contributed by atoms with Gasteiger partial charge in [0.25, 0.3) is 0 Å². The van der Waals surface area contributed by atoms with Crippen LogP contribution in [0.4, 0.5) is 0 Å². The topological polar surface area (TPSA) is 78.9 Å². The number of carboxylic acids is 1. The molecule has 0 aliphatic carbocycles. The number of hydrogen-bond donors (Lipinski definition) is 2. The van der Waals surface area contributed by atoms with E-state index in [1.165, 1.54) is 7.11 Å². The molecule has 0 bridgehead atoms. The molecule has 14 heavy (non-hydrogen) atoms. The third-order valence-electron chi connectivity index (χ3n) is 2.20. The van der Waals surface area contributed by atoms with Gasteiger partial charge in [0.05, 0.1) is 13.7 Å².